The van der Waals surface area contributed by atoms with Crippen LogP contribution in [-0.2, 0) is 4.74 Å². The Morgan fingerprint density at radius 3 is 2.58 bits per heavy atom. The van der Waals surface area contributed by atoms with E-state index in [1.165, 1.54) is 0 Å². The summed E-state index contributed by atoms with van der Waals surface area (Å²) in [5, 5.41) is 17.0. The number of aliphatic hydroxyl groups excluding tert-OH is 1. The summed E-state index contributed by atoms with van der Waals surface area (Å²) in [6.07, 6.45) is 3.85. The van der Waals surface area contributed by atoms with Crippen molar-refractivity contribution in [2.75, 3.05) is 23.8 Å². The van der Waals surface area contributed by atoms with Crippen molar-refractivity contribution in [2.24, 2.45) is 5.41 Å². The third kappa shape index (κ3) is 2.83. The molecule has 1 aromatic carbocycles. The molecule has 1 spiro atoms. The van der Waals surface area contributed by atoms with Crippen molar-refractivity contribution in [2.45, 2.75) is 31.4 Å². The lowest BCUT2D eigenvalue weighted by atomic mass is 9.58. The highest BCUT2D eigenvalue weighted by Gasteiger charge is 2.54. The van der Waals surface area contributed by atoms with Crippen LogP contribution in [0.25, 0.3) is 0 Å². The largest absolute Gasteiger partial charge is 0.392 e. The van der Waals surface area contributed by atoms with Crippen LogP contribution in [0.5, 0.6) is 0 Å². The Kier molecular flexibility index (Phi) is 4.08. The van der Waals surface area contributed by atoms with Crippen LogP contribution in [0.15, 0.2) is 42.7 Å². The van der Waals surface area contributed by atoms with Crippen molar-refractivity contribution < 1.29 is 9.84 Å². The monoisotopic (exact) mass is 326 g/mol. The van der Waals surface area contributed by atoms with Gasteiger partial charge in [-0.15, -0.1) is 0 Å². The second-order valence-electron chi connectivity index (χ2n) is 6.57. The average molecular weight is 326 g/mol. The molecule has 2 aromatic rings. The summed E-state index contributed by atoms with van der Waals surface area (Å²) < 4.78 is 5.46. The molecule has 1 aliphatic heterocycles. The number of aromatic nitrogens is 2. The summed E-state index contributed by atoms with van der Waals surface area (Å²) in [7, 11) is 0. The number of hydrogen-bond donors (Lipinski definition) is 3. The van der Waals surface area contributed by atoms with Crippen LogP contribution in [0, 0.1) is 5.41 Å². The Balaban J connectivity index is 1.46. The standard InChI is InChI=1S/C18H22N4O2/c23-15-10-14(18(15)6-8-24-9-7-18)22-17-11-16(19-12-20-17)21-13-4-2-1-3-5-13/h1-5,11-12,14-15,23H,6-10H2,(H2,19,20,21,22)/t14-,15-/m1/s1. The zero-order chi connectivity index (χ0) is 16.4. The van der Waals surface area contributed by atoms with Gasteiger partial charge in [0.15, 0.2) is 0 Å². The first-order valence-corrected chi connectivity index (χ1v) is 8.43. The van der Waals surface area contributed by atoms with E-state index in [2.05, 4.69) is 20.6 Å². The summed E-state index contributed by atoms with van der Waals surface area (Å²) in [6.45, 7) is 1.44. The molecule has 1 saturated carbocycles. The van der Waals surface area contributed by atoms with Crippen molar-refractivity contribution >= 4 is 17.3 Å². The fraction of sp³-hybridized carbons (Fsp3) is 0.444. The molecular weight excluding hydrogens is 304 g/mol. The normalized spacial score (nSPS) is 25.0. The highest BCUT2D eigenvalue weighted by molar-refractivity contribution is 5.58. The van der Waals surface area contributed by atoms with Gasteiger partial charge in [-0.3, -0.25) is 0 Å². The maximum absolute atomic E-state index is 10.3. The van der Waals surface area contributed by atoms with Gasteiger partial charge in [0.05, 0.1) is 6.10 Å². The Labute approximate surface area is 141 Å². The number of nitrogens with one attached hydrogen (secondary N) is 2. The quantitative estimate of drug-likeness (QED) is 0.801. The van der Waals surface area contributed by atoms with Gasteiger partial charge >= 0.3 is 0 Å². The summed E-state index contributed by atoms with van der Waals surface area (Å²) in [5.74, 6) is 1.53. The van der Waals surface area contributed by atoms with Crippen LogP contribution >= 0.6 is 0 Å². The number of ether oxygens (including phenoxy) is 1. The fourth-order valence-electron chi connectivity index (χ4n) is 3.75. The lowest BCUT2D eigenvalue weighted by Crippen LogP contribution is -2.62. The van der Waals surface area contributed by atoms with E-state index in [4.69, 9.17) is 4.74 Å². The van der Waals surface area contributed by atoms with Gasteiger partial charge in [0.2, 0.25) is 0 Å². The van der Waals surface area contributed by atoms with Gasteiger partial charge in [0.25, 0.3) is 0 Å². The number of nitrogens with zero attached hydrogens (tertiary/aromatic N) is 2. The molecule has 1 saturated heterocycles. The zero-order valence-electron chi connectivity index (χ0n) is 13.5. The van der Waals surface area contributed by atoms with E-state index in [0.29, 0.717) is 0 Å². The van der Waals surface area contributed by atoms with Gasteiger partial charge in [0.1, 0.15) is 18.0 Å². The highest BCUT2D eigenvalue weighted by Crippen LogP contribution is 2.50. The number of aliphatic hydroxyl groups is 1. The van der Waals surface area contributed by atoms with Crippen LogP contribution in [0.3, 0.4) is 0 Å². The molecule has 2 fully saturated rings. The topological polar surface area (TPSA) is 79.3 Å². The molecule has 126 valence electrons. The summed E-state index contributed by atoms with van der Waals surface area (Å²) in [5.41, 5.74) is 0.915. The molecule has 0 bridgehead atoms. The maximum atomic E-state index is 10.3. The molecule has 1 aliphatic carbocycles. The SMILES string of the molecule is O[C@@H]1C[C@@H](Nc2cc(Nc3ccccc3)ncn2)C12CCOCC2. The van der Waals surface area contributed by atoms with Gasteiger partial charge in [-0.25, -0.2) is 9.97 Å². The molecule has 3 N–H and O–H groups in total. The Morgan fingerprint density at radius 1 is 1.08 bits per heavy atom. The number of hydrogen-bond acceptors (Lipinski definition) is 6. The van der Waals surface area contributed by atoms with Gasteiger partial charge in [0, 0.05) is 36.4 Å². The van der Waals surface area contributed by atoms with Crippen molar-refractivity contribution in [1.29, 1.82) is 0 Å². The average Bonchev–Trinajstić information content (AvgIpc) is 2.63. The Morgan fingerprint density at radius 2 is 1.83 bits per heavy atom. The third-order valence-electron chi connectivity index (χ3n) is 5.28. The van der Waals surface area contributed by atoms with Crippen LogP contribution < -0.4 is 10.6 Å². The van der Waals surface area contributed by atoms with E-state index in [0.717, 1.165) is 49.8 Å². The van der Waals surface area contributed by atoms with Gasteiger partial charge in [-0.05, 0) is 31.4 Å². The first-order chi connectivity index (χ1) is 11.8. The second-order valence-corrected chi connectivity index (χ2v) is 6.57. The van der Waals surface area contributed by atoms with E-state index in [-0.39, 0.29) is 17.6 Å². The minimum absolute atomic E-state index is 0.0732. The minimum atomic E-state index is -0.248. The van der Waals surface area contributed by atoms with Crippen molar-refractivity contribution in [1.82, 2.24) is 9.97 Å². The minimum Gasteiger partial charge on any atom is -0.392 e. The molecule has 6 nitrogen and oxygen atoms in total. The van der Waals surface area contributed by atoms with Crippen LogP contribution in [0.4, 0.5) is 17.3 Å². The molecule has 24 heavy (non-hydrogen) atoms. The smallest absolute Gasteiger partial charge is 0.135 e. The van der Waals surface area contributed by atoms with Crippen molar-refractivity contribution in [3.63, 3.8) is 0 Å². The van der Waals surface area contributed by atoms with E-state index in [1.807, 2.05) is 36.4 Å². The number of anilines is 3. The van der Waals surface area contributed by atoms with Gasteiger partial charge in [-0.2, -0.15) is 0 Å². The third-order valence-corrected chi connectivity index (χ3v) is 5.28. The van der Waals surface area contributed by atoms with Crippen LogP contribution in [0.1, 0.15) is 19.3 Å². The molecule has 0 radical (unpaired) electrons. The summed E-state index contributed by atoms with van der Waals surface area (Å²) in [4.78, 5) is 8.60. The first-order valence-electron chi connectivity index (χ1n) is 8.43. The van der Waals surface area contributed by atoms with Gasteiger partial charge < -0.3 is 20.5 Å². The lowest BCUT2D eigenvalue weighted by Gasteiger charge is -2.55. The molecule has 4 rings (SSSR count). The van der Waals surface area contributed by atoms with E-state index in [1.54, 1.807) is 6.33 Å². The zero-order valence-corrected chi connectivity index (χ0v) is 13.5. The lowest BCUT2D eigenvalue weighted by molar-refractivity contribution is -0.133. The maximum Gasteiger partial charge on any atom is 0.135 e. The molecule has 1 aromatic heterocycles. The van der Waals surface area contributed by atoms with Gasteiger partial charge in [-0.1, -0.05) is 18.2 Å². The van der Waals surface area contributed by atoms with E-state index in [9.17, 15) is 5.11 Å². The number of rotatable bonds is 4. The molecule has 0 amide bonds. The Hall–Kier alpha value is -2.18. The molecule has 2 atom stereocenters. The molecule has 6 heteroatoms. The van der Waals surface area contributed by atoms with Crippen LogP contribution in [-0.4, -0.2) is 40.4 Å². The van der Waals surface area contributed by atoms with Crippen molar-refractivity contribution in [3.05, 3.63) is 42.7 Å². The number of para-hydroxylation sites is 1. The molecular formula is C18H22N4O2. The molecule has 2 heterocycles. The summed E-state index contributed by atoms with van der Waals surface area (Å²) in [6, 6.07) is 12.1. The predicted molar refractivity (Wildman–Crippen MR) is 92.3 cm³/mol. The van der Waals surface area contributed by atoms with E-state index < -0.39 is 0 Å². The second kappa shape index (κ2) is 6.37. The predicted octanol–water partition coefficient (Wildman–Crippen LogP) is 2.56. The molecule has 2 aliphatic rings. The van der Waals surface area contributed by atoms with Crippen molar-refractivity contribution in [3.8, 4) is 0 Å². The van der Waals surface area contributed by atoms with E-state index >= 15 is 0 Å². The van der Waals surface area contributed by atoms with Crippen LogP contribution in [0.2, 0.25) is 0 Å². The number of benzene rings is 1. The summed E-state index contributed by atoms with van der Waals surface area (Å²) >= 11 is 0. The Bertz CT molecular complexity index is 688. The fourth-order valence-corrected chi connectivity index (χ4v) is 3.75. The molecule has 0 unspecified atom stereocenters. The first kappa shape index (κ1) is 15.4. The highest BCUT2D eigenvalue weighted by atomic mass is 16.5.